The zero-order valence-electron chi connectivity index (χ0n) is 16.3. The van der Waals surface area contributed by atoms with E-state index in [0.717, 1.165) is 22.5 Å². The van der Waals surface area contributed by atoms with Crippen molar-refractivity contribution in [2.75, 3.05) is 16.8 Å². The van der Waals surface area contributed by atoms with Gasteiger partial charge in [-0.2, -0.15) is 0 Å². The number of anilines is 2. The summed E-state index contributed by atoms with van der Waals surface area (Å²) in [5, 5.41) is 3.00. The Morgan fingerprint density at radius 1 is 1.04 bits per heavy atom. The molecule has 138 valence electrons. The zero-order chi connectivity index (χ0) is 19.3. The van der Waals surface area contributed by atoms with Crippen molar-refractivity contribution >= 4 is 23.2 Å². The maximum atomic E-state index is 12.5. The van der Waals surface area contributed by atoms with Crippen LogP contribution in [0, 0.1) is 6.92 Å². The Morgan fingerprint density at radius 3 is 2.35 bits per heavy atom. The molecule has 4 nitrogen and oxygen atoms in total. The van der Waals surface area contributed by atoms with Crippen molar-refractivity contribution < 1.29 is 9.59 Å². The number of hydrogen-bond acceptors (Lipinski definition) is 2. The molecule has 0 radical (unpaired) electrons. The average Bonchev–Trinajstić information content (AvgIpc) is 2.54. The van der Waals surface area contributed by atoms with Gasteiger partial charge >= 0.3 is 0 Å². The van der Waals surface area contributed by atoms with E-state index in [2.05, 4.69) is 26.1 Å². The van der Waals surface area contributed by atoms with E-state index in [1.807, 2.05) is 55.5 Å². The fourth-order valence-corrected chi connectivity index (χ4v) is 2.94. The standard InChI is InChI=1S/C22H28N2O2/c1-16-9-8-10-18(15-16)24(17(2)25)14-13-21(26)23-20-12-7-6-11-19(20)22(3,4)5/h6-12,15H,13-14H2,1-5H3,(H,23,26). The van der Waals surface area contributed by atoms with E-state index in [1.54, 1.807) is 4.90 Å². The first kappa shape index (κ1) is 19.7. The van der Waals surface area contributed by atoms with Crippen molar-refractivity contribution in [3.05, 3.63) is 59.7 Å². The third-order valence-corrected chi connectivity index (χ3v) is 4.27. The maximum Gasteiger partial charge on any atom is 0.226 e. The first-order valence-corrected chi connectivity index (χ1v) is 8.92. The summed E-state index contributed by atoms with van der Waals surface area (Å²) in [7, 11) is 0. The van der Waals surface area contributed by atoms with Gasteiger partial charge in [0.15, 0.2) is 0 Å². The average molecular weight is 352 g/mol. The van der Waals surface area contributed by atoms with Gasteiger partial charge in [0.25, 0.3) is 0 Å². The van der Waals surface area contributed by atoms with Crippen LogP contribution in [-0.4, -0.2) is 18.4 Å². The molecule has 0 atom stereocenters. The third-order valence-electron chi connectivity index (χ3n) is 4.27. The largest absolute Gasteiger partial charge is 0.326 e. The van der Waals surface area contributed by atoms with E-state index in [4.69, 9.17) is 0 Å². The lowest BCUT2D eigenvalue weighted by Gasteiger charge is -2.24. The molecule has 0 heterocycles. The Labute approximate surface area is 156 Å². The van der Waals surface area contributed by atoms with Gasteiger partial charge in [-0.1, -0.05) is 51.1 Å². The summed E-state index contributed by atoms with van der Waals surface area (Å²) >= 11 is 0. The van der Waals surface area contributed by atoms with Crippen molar-refractivity contribution in [3.63, 3.8) is 0 Å². The number of carbonyl (C=O) groups excluding carboxylic acids is 2. The molecule has 1 N–H and O–H groups in total. The Kier molecular flexibility index (Phi) is 6.19. The van der Waals surface area contributed by atoms with E-state index < -0.39 is 0 Å². The molecular formula is C22H28N2O2. The molecule has 2 aromatic rings. The predicted molar refractivity (Wildman–Crippen MR) is 108 cm³/mol. The lowest BCUT2D eigenvalue weighted by molar-refractivity contribution is -0.117. The Hall–Kier alpha value is -2.62. The summed E-state index contributed by atoms with van der Waals surface area (Å²) in [6, 6.07) is 15.6. The lowest BCUT2D eigenvalue weighted by Crippen LogP contribution is -2.32. The summed E-state index contributed by atoms with van der Waals surface area (Å²) in [6.07, 6.45) is 0.242. The van der Waals surface area contributed by atoms with Crippen LogP contribution in [0.2, 0.25) is 0 Å². The van der Waals surface area contributed by atoms with Crippen molar-refractivity contribution in [2.24, 2.45) is 0 Å². The summed E-state index contributed by atoms with van der Waals surface area (Å²) in [6.45, 7) is 10.2. The molecule has 0 bridgehead atoms. The number of hydrogen-bond donors (Lipinski definition) is 1. The molecule has 0 saturated carbocycles. The molecule has 2 aromatic carbocycles. The van der Waals surface area contributed by atoms with Gasteiger partial charge in [0, 0.05) is 31.3 Å². The molecule has 0 unspecified atom stereocenters. The minimum Gasteiger partial charge on any atom is -0.326 e. The number of para-hydroxylation sites is 1. The fraction of sp³-hybridized carbons (Fsp3) is 0.364. The van der Waals surface area contributed by atoms with Crippen molar-refractivity contribution in [3.8, 4) is 0 Å². The second-order valence-electron chi connectivity index (χ2n) is 7.60. The van der Waals surface area contributed by atoms with E-state index in [9.17, 15) is 9.59 Å². The summed E-state index contributed by atoms with van der Waals surface area (Å²) in [4.78, 5) is 26.1. The fourth-order valence-electron chi connectivity index (χ4n) is 2.94. The summed E-state index contributed by atoms with van der Waals surface area (Å²) < 4.78 is 0. The Bertz CT molecular complexity index is 791. The third kappa shape index (κ3) is 5.19. The molecule has 0 aromatic heterocycles. The van der Waals surface area contributed by atoms with Gasteiger partial charge in [0.2, 0.25) is 11.8 Å². The Balaban J connectivity index is 2.07. The van der Waals surface area contributed by atoms with E-state index in [0.29, 0.717) is 6.54 Å². The monoisotopic (exact) mass is 352 g/mol. The molecular weight excluding hydrogens is 324 g/mol. The number of rotatable bonds is 5. The van der Waals surface area contributed by atoms with Crippen LogP contribution in [0.4, 0.5) is 11.4 Å². The molecule has 0 aliphatic rings. The summed E-state index contributed by atoms with van der Waals surface area (Å²) in [5.41, 5.74) is 3.76. The number of benzene rings is 2. The van der Waals surface area contributed by atoms with Gasteiger partial charge in [-0.05, 0) is 41.7 Å². The number of carbonyl (C=O) groups is 2. The van der Waals surface area contributed by atoms with Crippen LogP contribution >= 0.6 is 0 Å². The van der Waals surface area contributed by atoms with E-state index in [1.165, 1.54) is 6.92 Å². The number of nitrogens with one attached hydrogen (secondary N) is 1. The number of nitrogens with zero attached hydrogens (tertiary/aromatic N) is 1. The van der Waals surface area contributed by atoms with Gasteiger partial charge in [-0.3, -0.25) is 9.59 Å². The van der Waals surface area contributed by atoms with Crippen LogP contribution in [0.5, 0.6) is 0 Å². The molecule has 0 saturated heterocycles. The first-order chi connectivity index (χ1) is 12.2. The van der Waals surface area contributed by atoms with E-state index >= 15 is 0 Å². The highest BCUT2D eigenvalue weighted by atomic mass is 16.2. The molecule has 0 aliphatic heterocycles. The van der Waals surface area contributed by atoms with E-state index in [-0.39, 0.29) is 23.7 Å². The van der Waals surface area contributed by atoms with Crippen LogP contribution in [0.1, 0.15) is 45.2 Å². The van der Waals surface area contributed by atoms with Crippen LogP contribution < -0.4 is 10.2 Å². The van der Waals surface area contributed by atoms with Gasteiger partial charge in [0.1, 0.15) is 0 Å². The maximum absolute atomic E-state index is 12.5. The van der Waals surface area contributed by atoms with Crippen molar-refractivity contribution in [1.29, 1.82) is 0 Å². The molecule has 0 aliphatic carbocycles. The normalized spacial score (nSPS) is 11.1. The second kappa shape index (κ2) is 8.17. The molecule has 26 heavy (non-hydrogen) atoms. The minimum absolute atomic E-state index is 0.0587. The molecule has 2 amide bonds. The summed E-state index contributed by atoms with van der Waals surface area (Å²) in [5.74, 6) is -0.168. The predicted octanol–water partition coefficient (Wildman–Crippen LogP) is 4.67. The molecule has 0 fully saturated rings. The molecule has 4 heteroatoms. The van der Waals surface area contributed by atoms with Crippen LogP contribution in [-0.2, 0) is 15.0 Å². The van der Waals surface area contributed by atoms with Crippen LogP contribution in [0.15, 0.2) is 48.5 Å². The van der Waals surface area contributed by atoms with Crippen molar-refractivity contribution in [1.82, 2.24) is 0 Å². The highest BCUT2D eigenvalue weighted by Gasteiger charge is 2.19. The van der Waals surface area contributed by atoms with Crippen LogP contribution in [0.25, 0.3) is 0 Å². The topological polar surface area (TPSA) is 49.4 Å². The smallest absolute Gasteiger partial charge is 0.226 e. The number of amides is 2. The number of aryl methyl sites for hydroxylation is 1. The molecule has 2 rings (SSSR count). The minimum atomic E-state index is -0.0967. The zero-order valence-corrected chi connectivity index (χ0v) is 16.3. The van der Waals surface area contributed by atoms with Gasteiger partial charge in [-0.25, -0.2) is 0 Å². The van der Waals surface area contributed by atoms with Gasteiger partial charge in [-0.15, -0.1) is 0 Å². The van der Waals surface area contributed by atoms with Crippen LogP contribution in [0.3, 0.4) is 0 Å². The Morgan fingerprint density at radius 2 is 1.73 bits per heavy atom. The van der Waals surface area contributed by atoms with Gasteiger partial charge < -0.3 is 10.2 Å². The first-order valence-electron chi connectivity index (χ1n) is 8.92. The molecule has 0 spiro atoms. The lowest BCUT2D eigenvalue weighted by atomic mass is 9.86. The quantitative estimate of drug-likeness (QED) is 0.850. The SMILES string of the molecule is CC(=O)N(CCC(=O)Nc1ccccc1C(C)(C)C)c1cccc(C)c1. The highest BCUT2D eigenvalue weighted by Crippen LogP contribution is 2.29. The van der Waals surface area contributed by atoms with Crippen molar-refractivity contribution in [2.45, 2.75) is 46.5 Å². The second-order valence-corrected chi connectivity index (χ2v) is 7.60. The van der Waals surface area contributed by atoms with Gasteiger partial charge in [0.05, 0.1) is 0 Å². The highest BCUT2D eigenvalue weighted by molar-refractivity contribution is 5.95.